The fourth-order valence-electron chi connectivity index (χ4n) is 4.03. The van der Waals surface area contributed by atoms with Gasteiger partial charge in [0.1, 0.15) is 15.2 Å². The topological polar surface area (TPSA) is 112 Å². The Morgan fingerprint density at radius 1 is 1.02 bits per heavy atom. The van der Waals surface area contributed by atoms with E-state index in [9.17, 15) is 9.35 Å². The molecule has 2 atom stereocenters. The second kappa shape index (κ2) is 11.8. The minimum atomic E-state index is -1.30. The number of rotatable bonds is 8. The number of aromatic nitrogens is 2. The van der Waals surface area contributed by atoms with Crippen molar-refractivity contribution in [2.24, 2.45) is 0 Å². The van der Waals surface area contributed by atoms with Gasteiger partial charge < -0.3 is 19.0 Å². The van der Waals surface area contributed by atoms with Gasteiger partial charge in [-0.3, -0.25) is 0 Å². The number of carbonyl (C=O) groups is 1. The van der Waals surface area contributed by atoms with Crippen LogP contribution in [0.5, 0.6) is 5.88 Å². The highest BCUT2D eigenvalue weighted by molar-refractivity contribution is 7.90. The maximum absolute atomic E-state index is 13.0. The van der Waals surface area contributed by atoms with Crippen molar-refractivity contribution < 1.29 is 18.5 Å². The van der Waals surface area contributed by atoms with Gasteiger partial charge in [-0.05, 0) is 45.4 Å². The summed E-state index contributed by atoms with van der Waals surface area (Å²) in [5.41, 5.74) is 3.28. The van der Waals surface area contributed by atoms with Crippen LogP contribution >= 0.6 is 11.3 Å². The molecule has 2 aromatic carbocycles. The number of fused-ring (bicyclic) bond motifs is 1. The second-order valence-corrected chi connectivity index (χ2v) is 13.2. The smallest absolute Gasteiger partial charge is 0.414 e. The summed E-state index contributed by atoms with van der Waals surface area (Å²) < 4.78 is 27.6. The van der Waals surface area contributed by atoms with E-state index in [2.05, 4.69) is 15.0 Å². The number of thiophene rings is 1. The van der Waals surface area contributed by atoms with E-state index in [0.29, 0.717) is 21.8 Å². The van der Waals surface area contributed by atoms with Crippen LogP contribution in [0.25, 0.3) is 32.7 Å². The van der Waals surface area contributed by atoms with Crippen LogP contribution in [0.4, 0.5) is 4.79 Å². The van der Waals surface area contributed by atoms with Crippen LogP contribution in [-0.2, 0) is 17.9 Å². The first-order valence-electron chi connectivity index (χ1n) is 12.8. The van der Waals surface area contributed by atoms with Gasteiger partial charge >= 0.3 is 6.09 Å². The number of hydrogen-bond acceptors (Lipinski definition) is 8. The molecule has 1 amide bonds. The molecule has 5 aromatic rings. The molecule has 40 heavy (non-hydrogen) atoms. The summed E-state index contributed by atoms with van der Waals surface area (Å²) in [6.07, 6.45) is 0.884. The lowest BCUT2D eigenvalue weighted by atomic mass is 10.0. The Morgan fingerprint density at radius 2 is 1.70 bits per heavy atom. The second-order valence-electron chi connectivity index (χ2n) is 10.1. The third-order valence-corrected chi connectivity index (χ3v) is 9.06. The maximum atomic E-state index is 13.0. The molecule has 0 fully saturated rings. The number of nitrogens with zero attached hydrogens (tertiary/aromatic N) is 2. The van der Waals surface area contributed by atoms with E-state index in [4.69, 9.17) is 14.1 Å². The SMILES string of the molecule is CC(N[S+]([O-])C(C)(C)C)c1sc2c(OC(=O)NCc3ccco3)nc(-c3ccccc3)nc2c1-c1ccccc1. The van der Waals surface area contributed by atoms with Gasteiger partial charge in [0.05, 0.1) is 24.4 Å². The number of hydrogen-bond donors (Lipinski definition) is 2. The van der Waals surface area contributed by atoms with Crippen molar-refractivity contribution in [3.8, 4) is 28.4 Å². The molecule has 5 rings (SSSR count). The average Bonchev–Trinajstić information content (AvgIpc) is 3.60. The Hall–Kier alpha value is -3.70. The summed E-state index contributed by atoms with van der Waals surface area (Å²) >= 11 is 0.118. The molecule has 0 aliphatic heterocycles. The zero-order valence-electron chi connectivity index (χ0n) is 22.6. The van der Waals surface area contributed by atoms with Gasteiger partial charge in [0, 0.05) is 27.4 Å². The lowest BCUT2D eigenvalue weighted by Gasteiger charge is -2.26. The third kappa shape index (κ3) is 6.20. The zero-order valence-corrected chi connectivity index (χ0v) is 24.3. The number of amides is 1. The fraction of sp³-hybridized carbons (Fsp3) is 0.233. The summed E-state index contributed by atoms with van der Waals surface area (Å²) in [5, 5.41) is 2.71. The molecule has 2 unspecified atom stereocenters. The maximum Gasteiger partial charge on any atom is 0.414 e. The van der Waals surface area contributed by atoms with Crippen LogP contribution in [0.1, 0.15) is 44.4 Å². The minimum Gasteiger partial charge on any atom is -0.598 e. The van der Waals surface area contributed by atoms with Crippen molar-refractivity contribution in [2.45, 2.75) is 45.0 Å². The highest BCUT2D eigenvalue weighted by atomic mass is 32.2. The quantitative estimate of drug-likeness (QED) is 0.192. The molecular formula is C30H30N4O4S2. The summed E-state index contributed by atoms with van der Waals surface area (Å²) in [6, 6.07) is 22.7. The molecule has 0 saturated heterocycles. The van der Waals surface area contributed by atoms with E-state index in [1.807, 2.05) is 88.4 Å². The van der Waals surface area contributed by atoms with Crippen LogP contribution in [0.2, 0.25) is 0 Å². The molecule has 3 aromatic heterocycles. The van der Waals surface area contributed by atoms with E-state index in [1.165, 1.54) is 11.3 Å². The molecule has 3 heterocycles. The Bertz CT molecular complexity index is 1580. The highest BCUT2D eigenvalue weighted by Crippen LogP contribution is 2.45. The molecule has 0 bridgehead atoms. The van der Waals surface area contributed by atoms with Gasteiger partial charge in [-0.2, -0.15) is 4.98 Å². The van der Waals surface area contributed by atoms with Crippen molar-refractivity contribution in [3.05, 3.63) is 89.7 Å². The Morgan fingerprint density at radius 3 is 2.33 bits per heavy atom. The number of furan rings is 1. The van der Waals surface area contributed by atoms with Crippen LogP contribution in [-0.4, -0.2) is 25.4 Å². The molecule has 0 spiro atoms. The monoisotopic (exact) mass is 574 g/mol. The molecule has 2 N–H and O–H groups in total. The number of benzene rings is 2. The first-order valence-corrected chi connectivity index (χ1v) is 14.8. The normalized spacial score (nSPS) is 13.2. The van der Waals surface area contributed by atoms with Crippen LogP contribution in [0.3, 0.4) is 0 Å². The first-order chi connectivity index (χ1) is 19.2. The fourth-order valence-corrected chi connectivity index (χ4v) is 6.09. The third-order valence-electron chi connectivity index (χ3n) is 6.03. The van der Waals surface area contributed by atoms with Gasteiger partial charge in [0.15, 0.2) is 5.82 Å². The van der Waals surface area contributed by atoms with E-state index < -0.39 is 22.2 Å². The van der Waals surface area contributed by atoms with E-state index in [1.54, 1.807) is 18.4 Å². The molecule has 0 aliphatic carbocycles. The molecule has 0 aliphatic rings. The van der Waals surface area contributed by atoms with Crippen LogP contribution in [0.15, 0.2) is 83.5 Å². The molecule has 0 saturated carbocycles. The van der Waals surface area contributed by atoms with Crippen LogP contribution in [0, 0.1) is 0 Å². The summed E-state index contributed by atoms with van der Waals surface area (Å²) in [6.45, 7) is 7.93. The van der Waals surface area contributed by atoms with Gasteiger partial charge in [0.25, 0.3) is 0 Å². The van der Waals surface area contributed by atoms with Crippen LogP contribution < -0.4 is 14.8 Å². The van der Waals surface area contributed by atoms with Gasteiger partial charge in [0.2, 0.25) is 5.88 Å². The predicted molar refractivity (Wildman–Crippen MR) is 159 cm³/mol. The van der Waals surface area contributed by atoms with Crippen molar-refractivity contribution >= 4 is 39.0 Å². The summed E-state index contributed by atoms with van der Waals surface area (Å²) in [7, 11) is 0. The summed E-state index contributed by atoms with van der Waals surface area (Å²) in [4.78, 5) is 23.4. The standard InChI is InChI=1S/C30H30N4O4S2/c1-19(34-40(36)30(2,3)4)25-23(20-12-7-5-8-13-20)24-26(39-25)28(33-27(32-24)21-14-9-6-10-15-21)38-29(35)31-18-22-16-11-17-37-22/h5-17,19,34H,18H2,1-4H3,(H,31,35). The average molecular weight is 575 g/mol. The highest BCUT2D eigenvalue weighted by Gasteiger charge is 2.31. The predicted octanol–water partition coefficient (Wildman–Crippen LogP) is 7.02. The summed E-state index contributed by atoms with van der Waals surface area (Å²) in [5.74, 6) is 1.19. The molecular weight excluding hydrogens is 544 g/mol. The number of ether oxygens (including phenoxy) is 1. The van der Waals surface area contributed by atoms with Crippen molar-refractivity contribution in [1.29, 1.82) is 0 Å². The van der Waals surface area contributed by atoms with Gasteiger partial charge in [-0.1, -0.05) is 60.7 Å². The van der Waals surface area contributed by atoms with Crippen molar-refractivity contribution in [3.63, 3.8) is 0 Å². The van der Waals surface area contributed by atoms with E-state index in [0.717, 1.165) is 21.6 Å². The van der Waals surface area contributed by atoms with E-state index in [-0.39, 0.29) is 18.5 Å². The minimum absolute atomic E-state index is 0.151. The molecule has 8 nitrogen and oxygen atoms in total. The molecule has 0 radical (unpaired) electrons. The van der Waals surface area contributed by atoms with E-state index >= 15 is 0 Å². The van der Waals surface area contributed by atoms with Gasteiger partial charge in [-0.15, -0.1) is 16.1 Å². The number of nitrogens with one attached hydrogen (secondary N) is 2. The lowest BCUT2D eigenvalue weighted by Crippen LogP contribution is -2.40. The molecule has 10 heteroatoms. The Kier molecular flexibility index (Phi) is 8.22. The van der Waals surface area contributed by atoms with Crippen molar-refractivity contribution in [2.75, 3.05) is 0 Å². The zero-order chi connectivity index (χ0) is 28.3. The van der Waals surface area contributed by atoms with Gasteiger partial charge in [-0.25, -0.2) is 9.78 Å². The largest absolute Gasteiger partial charge is 0.598 e. The van der Waals surface area contributed by atoms with Crippen molar-refractivity contribution in [1.82, 2.24) is 20.0 Å². The Labute approximate surface area is 240 Å². The first kappa shape index (κ1) is 27.9. The number of carbonyl (C=O) groups excluding carboxylic acids is 1. The molecule has 206 valence electrons. The Balaban J connectivity index is 1.64. The lowest BCUT2D eigenvalue weighted by molar-refractivity contribution is 0.198.